The van der Waals surface area contributed by atoms with Crippen molar-refractivity contribution in [3.63, 3.8) is 0 Å². The van der Waals surface area contributed by atoms with Gasteiger partial charge in [0.2, 0.25) is 0 Å². The van der Waals surface area contributed by atoms with Gasteiger partial charge in [-0.3, -0.25) is 9.48 Å². The van der Waals surface area contributed by atoms with E-state index in [4.69, 9.17) is 4.74 Å². The van der Waals surface area contributed by atoms with Gasteiger partial charge in [0.1, 0.15) is 5.52 Å². The highest BCUT2D eigenvalue weighted by atomic mass is 19.4. The van der Waals surface area contributed by atoms with Crippen molar-refractivity contribution in [3.05, 3.63) is 114 Å². The second kappa shape index (κ2) is 10.6. The number of alkyl halides is 3. The highest BCUT2D eigenvalue weighted by molar-refractivity contribution is 5.95. The highest BCUT2D eigenvalue weighted by Crippen LogP contribution is 2.38. The van der Waals surface area contributed by atoms with Crippen LogP contribution in [0.5, 0.6) is 0 Å². The smallest absolute Gasteiger partial charge is 0.418 e. The van der Waals surface area contributed by atoms with Crippen LogP contribution in [-0.4, -0.2) is 22.9 Å². The number of nitrogens with one attached hydrogen (secondary N) is 1. The molecule has 8 heteroatoms. The number of methoxy groups -OCH3 is 1. The largest absolute Gasteiger partial charge is 0.469 e. The van der Waals surface area contributed by atoms with E-state index in [0.717, 1.165) is 34.1 Å². The van der Waals surface area contributed by atoms with Crippen LogP contribution < -0.4 is 5.32 Å². The first-order chi connectivity index (χ1) is 18.7. The average Bonchev–Trinajstić information content (AvgIpc) is 3.30. The molecule has 5 aromatic rings. The Morgan fingerprint density at radius 1 is 0.923 bits per heavy atom. The van der Waals surface area contributed by atoms with Gasteiger partial charge in [0.05, 0.1) is 30.8 Å². The summed E-state index contributed by atoms with van der Waals surface area (Å²) in [5, 5.41) is 8.19. The molecular weight excluding hydrogens is 503 g/mol. The first-order valence-electron chi connectivity index (χ1n) is 12.4. The quantitative estimate of drug-likeness (QED) is 0.219. The standard InChI is InChI=1S/C31H26F3N3O2/c1-20(30(38)39-2)23-10-6-11-25(18-23)35-24-16-14-22(15-17-24)29-26-12-7-13-27(31(32,33)34)28(26)36-37(29)19-21-8-4-3-5-9-21/h3-18,20,35H,19H2,1-2H3. The van der Waals surface area contributed by atoms with Crippen molar-refractivity contribution in [1.29, 1.82) is 0 Å². The number of ether oxygens (including phenoxy) is 1. The minimum Gasteiger partial charge on any atom is -0.469 e. The van der Waals surface area contributed by atoms with Crippen LogP contribution in [0.1, 0.15) is 29.5 Å². The molecule has 0 saturated heterocycles. The maximum atomic E-state index is 13.8. The van der Waals surface area contributed by atoms with Crippen LogP contribution in [0.3, 0.4) is 0 Å². The van der Waals surface area contributed by atoms with E-state index in [1.54, 1.807) is 17.7 Å². The van der Waals surface area contributed by atoms with Crippen LogP contribution in [0.25, 0.3) is 22.2 Å². The molecule has 0 amide bonds. The molecule has 1 N–H and O–H groups in total. The van der Waals surface area contributed by atoms with Crippen molar-refractivity contribution in [1.82, 2.24) is 9.78 Å². The number of hydrogen-bond acceptors (Lipinski definition) is 4. The SMILES string of the molecule is COC(=O)C(C)c1cccc(Nc2ccc(-c3c4cccc(C(F)(F)F)c4nn3Cc3ccccc3)cc2)c1. The van der Waals surface area contributed by atoms with E-state index in [9.17, 15) is 18.0 Å². The van der Waals surface area contributed by atoms with Crippen LogP contribution >= 0.6 is 0 Å². The van der Waals surface area contributed by atoms with Crippen molar-refractivity contribution in [3.8, 4) is 11.3 Å². The number of benzene rings is 4. The summed E-state index contributed by atoms with van der Waals surface area (Å²) in [6.45, 7) is 2.11. The van der Waals surface area contributed by atoms with Crippen LogP contribution in [0.2, 0.25) is 0 Å². The number of aromatic nitrogens is 2. The number of nitrogens with zero attached hydrogens (tertiary/aromatic N) is 2. The molecule has 198 valence electrons. The molecule has 0 aliphatic heterocycles. The van der Waals surface area contributed by atoms with Crippen LogP contribution in [0.4, 0.5) is 24.5 Å². The van der Waals surface area contributed by atoms with E-state index in [-0.39, 0.29) is 11.5 Å². The lowest BCUT2D eigenvalue weighted by Gasteiger charge is -2.13. The minimum absolute atomic E-state index is 0.0744. The van der Waals surface area contributed by atoms with Gasteiger partial charge in [0.25, 0.3) is 0 Å². The van der Waals surface area contributed by atoms with E-state index < -0.39 is 17.7 Å². The summed E-state index contributed by atoms with van der Waals surface area (Å²) >= 11 is 0. The number of carbonyl (C=O) groups excluding carboxylic acids is 1. The molecule has 1 atom stereocenters. The Balaban J connectivity index is 1.50. The maximum Gasteiger partial charge on any atom is 0.418 e. The number of rotatable bonds is 7. The molecule has 5 rings (SSSR count). The molecule has 39 heavy (non-hydrogen) atoms. The summed E-state index contributed by atoms with van der Waals surface area (Å²) < 4.78 is 47.9. The van der Waals surface area contributed by atoms with E-state index >= 15 is 0 Å². The molecule has 0 bridgehead atoms. The summed E-state index contributed by atoms with van der Waals surface area (Å²) in [7, 11) is 1.36. The summed E-state index contributed by atoms with van der Waals surface area (Å²) in [5.41, 5.74) is 3.86. The molecular formula is C31H26F3N3O2. The van der Waals surface area contributed by atoms with E-state index in [0.29, 0.717) is 17.6 Å². The lowest BCUT2D eigenvalue weighted by atomic mass is 10.0. The van der Waals surface area contributed by atoms with Gasteiger partial charge in [-0.05, 0) is 48.4 Å². The number of halogens is 3. The van der Waals surface area contributed by atoms with E-state index in [1.807, 2.05) is 78.9 Å². The summed E-state index contributed by atoms with van der Waals surface area (Å²) in [5.74, 6) is -0.719. The highest BCUT2D eigenvalue weighted by Gasteiger charge is 2.34. The van der Waals surface area contributed by atoms with Crippen LogP contribution in [-0.2, 0) is 22.3 Å². The molecule has 1 unspecified atom stereocenters. The first-order valence-corrected chi connectivity index (χ1v) is 12.4. The second-order valence-corrected chi connectivity index (χ2v) is 9.26. The zero-order valence-corrected chi connectivity index (χ0v) is 21.4. The van der Waals surface area contributed by atoms with Gasteiger partial charge < -0.3 is 10.1 Å². The molecule has 0 fully saturated rings. The zero-order chi connectivity index (χ0) is 27.6. The van der Waals surface area contributed by atoms with Crippen LogP contribution in [0.15, 0.2) is 97.1 Å². The fourth-order valence-corrected chi connectivity index (χ4v) is 4.63. The monoisotopic (exact) mass is 529 g/mol. The number of anilines is 2. The summed E-state index contributed by atoms with van der Waals surface area (Å²) in [6, 6.07) is 28.6. The number of carbonyl (C=O) groups is 1. The maximum absolute atomic E-state index is 13.8. The van der Waals surface area contributed by atoms with Gasteiger partial charge in [-0.15, -0.1) is 0 Å². The molecule has 0 radical (unpaired) electrons. The van der Waals surface area contributed by atoms with E-state index in [2.05, 4.69) is 10.4 Å². The van der Waals surface area contributed by atoms with Crippen LogP contribution in [0, 0.1) is 0 Å². The van der Waals surface area contributed by atoms with Gasteiger partial charge >= 0.3 is 12.1 Å². The summed E-state index contributed by atoms with van der Waals surface area (Å²) in [6.07, 6.45) is -4.52. The minimum atomic E-state index is -4.52. The molecule has 5 nitrogen and oxygen atoms in total. The third kappa shape index (κ3) is 5.50. The molecule has 1 heterocycles. The van der Waals surface area contributed by atoms with Gasteiger partial charge in [0.15, 0.2) is 0 Å². The van der Waals surface area contributed by atoms with E-state index in [1.165, 1.54) is 13.2 Å². The van der Waals surface area contributed by atoms with Crippen molar-refractivity contribution in [2.24, 2.45) is 0 Å². The first kappa shape index (κ1) is 26.0. The molecule has 0 aliphatic carbocycles. The fraction of sp³-hybridized carbons (Fsp3) is 0.161. The fourth-order valence-electron chi connectivity index (χ4n) is 4.63. The predicted molar refractivity (Wildman–Crippen MR) is 146 cm³/mol. The van der Waals surface area contributed by atoms with Crippen molar-refractivity contribution in [2.75, 3.05) is 12.4 Å². The van der Waals surface area contributed by atoms with Gasteiger partial charge in [-0.25, -0.2) is 0 Å². The summed E-state index contributed by atoms with van der Waals surface area (Å²) in [4.78, 5) is 11.9. The van der Waals surface area contributed by atoms with Crippen molar-refractivity contribution in [2.45, 2.75) is 25.6 Å². The molecule has 1 aromatic heterocycles. The number of esters is 1. The molecule has 4 aromatic carbocycles. The zero-order valence-electron chi connectivity index (χ0n) is 21.4. The topological polar surface area (TPSA) is 56.1 Å². The Hall–Kier alpha value is -4.59. The number of fused-ring (bicyclic) bond motifs is 1. The lowest BCUT2D eigenvalue weighted by molar-refractivity contribution is -0.142. The Kier molecular flexibility index (Phi) is 7.11. The second-order valence-electron chi connectivity index (χ2n) is 9.26. The molecule has 0 aliphatic rings. The lowest BCUT2D eigenvalue weighted by Crippen LogP contribution is -2.10. The molecule has 0 saturated carbocycles. The Morgan fingerprint density at radius 2 is 1.64 bits per heavy atom. The Bertz CT molecular complexity index is 1610. The molecule has 0 spiro atoms. The van der Waals surface area contributed by atoms with Gasteiger partial charge in [-0.1, -0.05) is 66.7 Å². The predicted octanol–water partition coefficient (Wildman–Crippen LogP) is 7.79. The Labute approximate surface area is 223 Å². The average molecular weight is 530 g/mol. The van der Waals surface area contributed by atoms with Gasteiger partial charge in [0, 0.05) is 22.3 Å². The van der Waals surface area contributed by atoms with Crippen molar-refractivity contribution < 1.29 is 22.7 Å². The van der Waals surface area contributed by atoms with Crippen molar-refractivity contribution >= 4 is 28.2 Å². The number of hydrogen-bond donors (Lipinski definition) is 1. The Morgan fingerprint density at radius 3 is 2.33 bits per heavy atom. The third-order valence-electron chi connectivity index (χ3n) is 6.64. The third-order valence-corrected chi connectivity index (χ3v) is 6.64. The van der Waals surface area contributed by atoms with Gasteiger partial charge in [-0.2, -0.15) is 18.3 Å². The normalized spacial score (nSPS) is 12.3.